The molecular weight excluding hydrogens is 277 g/mol. The van der Waals surface area contributed by atoms with E-state index in [-0.39, 0.29) is 12.4 Å². The second-order valence-corrected chi connectivity index (χ2v) is 3.36. The van der Waals surface area contributed by atoms with Crippen LogP contribution >= 0.6 is 12.4 Å². The van der Waals surface area contributed by atoms with Crippen molar-refractivity contribution < 1.29 is 23.2 Å². The first kappa shape index (κ1) is 16.6. The maximum absolute atomic E-state index is 13.2. The van der Waals surface area contributed by atoms with E-state index in [0.29, 0.717) is 12.1 Å². The molecule has 0 radical (unpaired) electrons. The minimum atomic E-state index is -3.75. The average Bonchev–Trinajstić information content (AvgIpc) is 2.28. The van der Waals surface area contributed by atoms with Crippen LogP contribution in [0.25, 0.3) is 0 Å². The Bertz CT molecular complexity index is 445. The maximum atomic E-state index is 13.2. The molecule has 1 rings (SSSR count). The average molecular weight is 287 g/mol. The zero-order valence-corrected chi connectivity index (χ0v) is 9.66. The Kier molecular flexibility index (Phi) is 5.53. The summed E-state index contributed by atoms with van der Waals surface area (Å²) in [6.45, 7) is -1.57. The van der Waals surface area contributed by atoms with Crippen LogP contribution in [0.1, 0.15) is 11.6 Å². The van der Waals surface area contributed by atoms with E-state index in [4.69, 9.17) is 10.8 Å². The fourth-order valence-electron chi connectivity index (χ4n) is 1.21. The number of rotatable bonds is 4. The SMILES string of the molecule is Cl.N[C@@H](c1cc([N+](=O)[O-])ccc1F)C(F)(F)CO. The lowest BCUT2D eigenvalue weighted by Gasteiger charge is -2.21. The molecule has 3 N–H and O–H groups in total. The first-order valence-corrected chi connectivity index (χ1v) is 4.47. The fourth-order valence-corrected chi connectivity index (χ4v) is 1.21. The van der Waals surface area contributed by atoms with Gasteiger partial charge in [-0.25, -0.2) is 13.2 Å². The van der Waals surface area contributed by atoms with Gasteiger partial charge in [0.15, 0.2) is 0 Å². The van der Waals surface area contributed by atoms with Gasteiger partial charge in [-0.3, -0.25) is 10.1 Å². The summed E-state index contributed by atoms with van der Waals surface area (Å²) in [4.78, 5) is 9.56. The Balaban J connectivity index is 0.00000289. The molecule has 0 aliphatic rings. The van der Waals surface area contributed by atoms with Gasteiger partial charge >= 0.3 is 0 Å². The van der Waals surface area contributed by atoms with Crippen LogP contribution in [-0.2, 0) is 0 Å². The van der Waals surface area contributed by atoms with Gasteiger partial charge in [-0.15, -0.1) is 12.4 Å². The van der Waals surface area contributed by atoms with E-state index in [9.17, 15) is 23.3 Å². The molecular formula is C9H10ClF3N2O3. The molecule has 1 aromatic carbocycles. The van der Waals surface area contributed by atoms with E-state index >= 15 is 0 Å². The van der Waals surface area contributed by atoms with Crippen molar-refractivity contribution in [3.63, 3.8) is 0 Å². The van der Waals surface area contributed by atoms with Crippen LogP contribution in [0.15, 0.2) is 18.2 Å². The lowest BCUT2D eigenvalue weighted by molar-refractivity contribution is -0.385. The third kappa shape index (κ3) is 3.31. The maximum Gasteiger partial charge on any atom is 0.289 e. The summed E-state index contributed by atoms with van der Waals surface area (Å²) < 4.78 is 39.3. The molecule has 9 heteroatoms. The summed E-state index contributed by atoms with van der Waals surface area (Å²) in [5.41, 5.74) is 3.82. The predicted octanol–water partition coefficient (Wildman–Crippen LogP) is 1.78. The number of hydrogen-bond donors (Lipinski definition) is 2. The monoisotopic (exact) mass is 286 g/mol. The molecule has 0 amide bonds. The molecule has 0 bridgehead atoms. The largest absolute Gasteiger partial charge is 0.390 e. The van der Waals surface area contributed by atoms with Crippen molar-refractivity contribution in [3.8, 4) is 0 Å². The molecule has 1 aromatic rings. The van der Waals surface area contributed by atoms with E-state index in [2.05, 4.69) is 0 Å². The topological polar surface area (TPSA) is 89.4 Å². The Hall–Kier alpha value is -1.38. The normalized spacial score (nSPS) is 12.7. The molecule has 5 nitrogen and oxygen atoms in total. The molecule has 0 aromatic heterocycles. The van der Waals surface area contributed by atoms with Gasteiger partial charge in [-0.05, 0) is 6.07 Å². The van der Waals surface area contributed by atoms with Crippen molar-refractivity contribution in [1.29, 1.82) is 0 Å². The smallest absolute Gasteiger partial charge is 0.289 e. The third-order valence-corrected chi connectivity index (χ3v) is 2.19. The second kappa shape index (κ2) is 5.98. The van der Waals surface area contributed by atoms with Crippen molar-refractivity contribution in [2.75, 3.05) is 6.61 Å². The van der Waals surface area contributed by atoms with Gasteiger partial charge in [0.25, 0.3) is 11.6 Å². The van der Waals surface area contributed by atoms with E-state index in [1.807, 2.05) is 0 Å². The van der Waals surface area contributed by atoms with Crippen molar-refractivity contribution in [2.45, 2.75) is 12.0 Å². The highest BCUT2D eigenvalue weighted by atomic mass is 35.5. The number of alkyl halides is 2. The van der Waals surface area contributed by atoms with Gasteiger partial charge in [-0.1, -0.05) is 0 Å². The van der Waals surface area contributed by atoms with Crippen LogP contribution < -0.4 is 5.73 Å². The molecule has 0 fully saturated rings. The summed E-state index contributed by atoms with van der Waals surface area (Å²) >= 11 is 0. The van der Waals surface area contributed by atoms with Gasteiger partial charge in [0, 0.05) is 17.7 Å². The van der Waals surface area contributed by atoms with E-state index in [1.54, 1.807) is 0 Å². The second-order valence-electron chi connectivity index (χ2n) is 3.36. The number of hydrogen-bond acceptors (Lipinski definition) is 4. The molecule has 0 aliphatic carbocycles. The van der Waals surface area contributed by atoms with Crippen molar-refractivity contribution >= 4 is 18.1 Å². The van der Waals surface area contributed by atoms with Gasteiger partial charge in [0.05, 0.1) is 11.0 Å². The number of nitro benzene ring substituents is 1. The van der Waals surface area contributed by atoms with Crippen LogP contribution in [0.3, 0.4) is 0 Å². The third-order valence-electron chi connectivity index (χ3n) is 2.19. The van der Waals surface area contributed by atoms with E-state index in [1.165, 1.54) is 0 Å². The summed E-state index contributed by atoms with van der Waals surface area (Å²) in [5.74, 6) is -4.84. The number of non-ortho nitro benzene ring substituents is 1. The molecule has 102 valence electrons. The van der Waals surface area contributed by atoms with Crippen LogP contribution in [0.5, 0.6) is 0 Å². The zero-order chi connectivity index (χ0) is 13.2. The van der Waals surface area contributed by atoms with E-state index in [0.717, 1.165) is 6.07 Å². The quantitative estimate of drug-likeness (QED) is 0.652. The standard InChI is InChI=1S/C9H9F3N2O3.ClH/c10-7-2-1-5(14(16)17)3-6(7)8(13)9(11,12)4-15;/h1-3,8,15H,4,13H2;1H/t8-;/m0./s1. The highest BCUT2D eigenvalue weighted by molar-refractivity contribution is 5.85. The zero-order valence-electron chi connectivity index (χ0n) is 8.85. The van der Waals surface area contributed by atoms with Gasteiger partial charge < -0.3 is 10.8 Å². The number of nitrogens with two attached hydrogens (primary N) is 1. The first-order valence-electron chi connectivity index (χ1n) is 4.47. The van der Waals surface area contributed by atoms with Crippen LogP contribution in [0.2, 0.25) is 0 Å². The minimum Gasteiger partial charge on any atom is -0.390 e. The molecule has 18 heavy (non-hydrogen) atoms. The highest BCUT2D eigenvalue weighted by Crippen LogP contribution is 2.32. The molecule has 0 unspecified atom stereocenters. The van der Waals surface area contributed by atoms with Crippen LogP contribution in [0.4, 0.5) is 18.9 Å². The Morgan fingerprint density at radius 2 is 2.06 bits per heavy atom. The van der Waals surface area contributed by atoms with Gasteiger partial charge in [0.1, 0.15) is 12.4 Å². The summed E-state index contributed by atoms with van der Waals surface area (Å²) in [6, 6.07) is -0.0000997. The van der Waals surface area contributed by atoms with Crippen molar-refractivity contribution in [2.24, 2.45) is 5.73 Å². The summed E-state index contributed by atoms with van der Waals surface area (Å²) in [6.07, 6.45) is 0. The lowest BCUT2D eigenvalue weighted by atomic mass is 10.0. The number of nitro groups is 1. The number of halogens is 4. The lowest BCUT2D eigenvalue weighted by Crippen LogP contribution is -2.36. The molecule has 0 heterocycles. The first-order chi connectivity index (χ1) is 7.79. The fraction of sp³-hybridized carbons (Fsp3) is 0.333. The van der Waals surface area contributed by atoms with Crippen LogP contribution in [0, 0.1) is 15.9 Å². The minimum absolute atomic E-state index is 0. The molecule has 0 aliphatic heterocycles. The van der Waals surface area contributed by atoms with Crippen molar-refractivity contribution in [3.05, 3.63) is 39.7 Å². The Morgan fingerprint density at radius 3 is 2.50 bits per heavy atom. The van der Waals surface area contributed by atoms with Gasteiger partial charge in [0.2, 0.25) is 0 Å². The number of nitrogens with zero attached hydrogens (tertiary/aromatic N) is 1. The number of benzene rings is 1. The van der Waals surface area contributed by atoms with Crippen molar-refractivity contribution in [1.82, 2.24) is 0 Å². The number of aliphatic hydroxyl groups is 1. The predicted molar refractivity (Wildman–Crippen MR) is 59.3 cm³/mol. The molecule has 0 spiro atoms. The molecule has 0 saturated heterocycles. The Labute approximate surface area is 106 Å². The van der Waals surface area contributed by atoms with Gasteiger partial charge in [-0.2, -0.15) is 0 Å². The Morgan fingerprint density at radius 1 is 1.50 bits per heavy atom. The molecule has 1 atom stereocenters. The summed E-state index contributed by atoms with van der Waals surface area (Å²) in [5, 5.41) is 18.8. The highest BCUT2D eigenvalue weighted by Gasteiger charge is 2.39. The van der Waals surface area contributed by atoms with E-state index < -0.39 is 40.6 Å². The molecule has 0 saturated carbocycles. The number of aliphatic hydroxyl groups excluding tert-OH is 1. The summed E-state index contributed by atoms with van der Waals surface area (Å²) in [7, 11) is 0. The van der Waals surface area contributed by atoms with Crippen LogP contribution in [-0.4, -0.2) is 22.6 Å².